The van der Waals surface area contributed by atoms with Crippen molar-refractivity contribution in [2.75, 3.05) is 26.2 Å². The van der Waals surface area contributed by atoms with E-state index in [0.29, 0.717) is 12.0 Å². The van der Waals surface area contributed by atoms with Gasteiger partial charge < -0.3 is 9.80 Å². The first-order valence-electron chi connectivity index (χ1n) is 10.0. The largest absolute Gasteiger partial charge is 0.345 e. The summed E-state index contributed by atoms with van der Waals surface area (Å²) in [4.78, 5) is 18.0. The van der Waals surface area contributed by atoms with Crippen molar-refractivity contribution in [2.45, 2.75) is 44.6 Å². The van der Waals surface area contributed by atoms with E-state index in [-0.39, 0.29) is 11.8 Å². The highest BCUT2D eigenvalue weighted by Crippen LogP contribution is 2.39. The number of piperidine rings is 1. The predicted octanol–water partition coefficient (Wildman–Crippen LogP) is 3.49. The second-order valence-corrected chi connectivity index (χ2v) is 8.12. The lowest BCUT2D eigenvalue weighted by Crippen LogP contribution is -2.44. The van der Waals surface area contributed by atoms with Gasteiger partial charge in [-0.1, -0.05) is 6.92 Å². The van der Waals surface area contributed by atoms with Gasteiger partial charge in [-0.2, -0.15) is 9.78 Å². The molecule has 0 saturated carbocycles. The maximum atomic E-state index is 13.5. The molecule has 0 spiro atoms. The quantitative estimate of drug-likeness (QED) is 0.774. The molecule has 3 aliphatic heterocycles. The van der Waals surface area contributed by atoms with Crippen LogP contribution < -0.4 is 0 Å². The third kappa shape index (κ3) is 2.78. The molecule has 142 valence electrons. The van der Waals surface area contributed by atoms with E-state index in [9.17, 15) is 9.18 Å². The summed E-state index contributed by atoms with van der Waals surface area (Å²) in [7, 11) is 0. The summed E-state index contributed by atoms with van der Waals surface area (Å²) in [6.07, 6.45) is 4.06. The number of hydrogen-bond acceptors (Lipinski definition) is 3. The number of carbonyl (C=O) groups is 1. The lowest BCUT2D eigenvalue weighted by atomic mass is 10.1. The number of halogens is 1. The van der Waals surface area contributed by atoms with E-state index in [1.54, 1.807) is 16.8 Å². The number of fused-ring (bicyclic) bond motifs is 5. The Morgan fingerprint density at radius 3 is 2.56 bits per heavy atom. The normalized spacial score (nSPS) is 26.9. The third-order valence-corrected chi connectivity index (χ3v) is 6.52. The highest BCUT2D eigenvalue weighted by atomic mass is 19.1. The fraction of sp³-hybridized carbons (Fsp3) is 0.524. The maximum absolute atomic E-state index is 13.5. The van der Waals surface area contributed by atoms with Crippen molar-refractivity contribution in [1.29, 1.82) is 0 Å². The van der Waals surface area contributed by atoms with Gasteiger partial charge in [0.1, 0.15) is 5.82 Å². The van der Waals surface area contributed by atoms with Crippen molar-refractivity contribution in [3.05, 3.63) is 41.3 Å². The average Bonchev–Trinajstić information content (AvgIpc) is 3.09. The van der Waals surface area contributed by atoms with E-state index < -0.39 is 0 Å². The van der Waals surface area contributed by atoms with Gasteiger partial charge in [-0.3, -0.25) is 0 Å². The molecule has 27 heavy (non-hydrogen) atoms. The third-order valence-electron chi connectivity index (χ3n) is 6.52. The van der Waals surface area contributed by atoms with E-state index in [0.717, 1.165) is 74.4 Å². The van der Waals surface area contributed by atoms with E-state index in [4.69, 9.17) is 5.10 Å². The van der Waals surface area contributed by atoms with Gasteiger partial charge in [-0.05, 0) is 55.9 Å². The molecule has 1 aromatic heterocycles. The van der Waals surface area contributed by atoms with Gasteiger partial charge in [0.2, 0.25) is 0 Å². The molecular weight excluding hydrogens is 343 g/mol. The Labute approximate surface area is 158 Å². The van der Waals surface area contributed by atoms with Gasteiger partial charge in [0.05, 0.1) is 11.4 Å². The molecule has 2 aromatic rings. The summed E-state index contributed by atoms with van der Waals surface area (Å²) in [6.45, 7) is 6.07. The standard InChI is InChI=1S/C21H25FN4O/c1-14-2-7-18-19(15-3-5-16(22)6-4-15)23-26(20(14)18)21(27)25-13-12-24-10-8-17(25)9-11-24/h3-6,14,17H,2,7-13H2,1H3/t14-/m1/s1. The van der Waals surface area contributed by atoms with Crippen LogP contribution in [0, 0.1) is 5.82 Å². The number of carbonyl (C=O) groups excluding carboxylic acids is 1. The molecule has 1 aromatic carbocycles. The molecule has 6 heteroatoms. The molecule has 1 aliphatic carbocycles. The van der Waals surface area contributed by atoms with E-state index in [1.165, 1.54) is 12.1 Å². The first-order valence-corrected chi connectivity index (χ1v) is 10.0. The highest BCUT2D eigenvalue weighted by Gasteiger charge is 2.37. The molecule has 3 fully saturated rings. The number of aromatic nitrogens is 2. The van der Waals surface area contributed by atoms with E-state index in [1.807, 2.05) is 4.90 Å². The number of benzene rings is 1. The summed E-state index contributed by atoms with van der Waals surface area (Å²) in [5, 5.41) is 4.76. The first-order chi connectivity index (χ1) is 13.1. The van der Waals surface area contributed by atoms with Crippen LogP contribution in [-0.2, 0) is 6.42 Å². The molecule has 4 heterocycles. The summed E-state index contributed by atoms with van der Waals surface area (Å²) in [5.41, 5.74) is 3.94. The van der Waals surface area contributed by atoms with Gasteiger partial charge in [0.15, 0.2) is 0 Å². The topological polar surface area (TPSA) is 41.4 Å². The van der Waals surface area contributed by atoms with Crippen molar-refractivity contribution in [1.82, 2.24) is 19.6 Å². The molecule has 1 amide bonds. The van der Waals surface area contributed by atoms with Crippen molar-refractivity contribution >= 4 is 6.03 Å². The van der Waals surface area contributed by atoms with Crippen molar-refractivity contribution < 1.29 is 9.18 Å². The molecule has 1 atom stereocenters. The van der Waals surface area contributed by atoms with Crippen LogP contribution in [0.4, 0.5) is 9.18 Å². The van der Waals surface area contributed by atoms with Crippen LogP contribution in [-0.4, -0.2) is 57.8 Å². The van der Waals surface area contributed by atoms with E-state index in [2.05, 4.69) is 11.8 Å². The smallest absolute Gasteiger partial charge is 0.318 e. The summed E-state index contributed by atoms with van der Waals surface area (Å²) < 4.78 is 15.0. The summed E-state index contributed by atoms with van der Waals surface area (Å²) in [6, 6.07) is 6.78. The molecule has 6 rings (SSSR count). The molecular formula is C21H25FN4O. The Bertz CT molecular complexity index is 867. The van der Waals surface area contributed by atoms with Crippen LogP contribution in [0.1, 0.15) is 43.4 Å². The summed E-state index contributed by atoms with van der Waals surface area (Å²) in [5.74, 6) is 0.0623. The number of rotatable bonds is 1. The Kier molecular flexibility index (Phi) is 4.04. The second-order valence-electron chi connectivity index (χ2n) is 8.12. The zero-order valence-electron chi connectivity index (χ0n) is 15.7. The fourth-order valence-corrected chi connectivity index (χ4v) is 4.96. The first kappa shape index (κ1) is 16.9. The highest BCUT2D eigenvalue weighted by molar-refractivity contribution is 5.80. The molecule has 0 N–H and O–H groups in total. The molecule has 5 nitrogen and oxygen atoms in total. The van der Waals surface area contributed by atoms with Gasteiger partial charge in [0.25, 0.3) is 0 Å². The average molecular weight is 368 g/mol. The molecule has 4 aliphatic rings. The SMILES string of the molecule is C[C@@H]1CCc2c(-c3ccc(F)cc3)nn(C(=O)N3CCN4CCC3CC4)c21. The number of amides is 1. The molecule has 3 saturated heterocycles. The molecule has 0 radical (unpaired) electrons. The lowest BCUT2D eigenvalue weighted by Gasteiger charge is -2.31. The fourth-order valence-electron chi connectivity index (χ4n) is 4.96. The molecule has 0 unspecified atom stereocenters. The molecule has 2 bridgehead atoms. The lowest BCUT2D eigenvalue weighted by molar-refractivity contribution is 0.168. The van der Waals surface area contributed by atoms with Crippen LogP contribution in [0.3, 0.4) is 0 Å². The predicted molar refractivity (Wildman–Crippen MR) is 101 cm³/mol. The van der Waals surface area contributed by atoms with Gasteiger partial charge >= 0.3 is 6.03 Å². The van der Waals surface area contributed by atoms with Gasteiger partial charge in [0, 0.05) is 43.3 Å². The Hall–Kier alpha value is -2.21. The van der Waals surface area contributed by atoms with Crippen LogP contribution in [0.2, 0.25) is 0 Å². The maximum Gasteiger partial charge on any atom is 0.345 e. The van der Waals surface area contributed by atoms with Gasteiger partial charge in [-0.15, -0.1) is 0 Å². The van der Waals surface area contributed by atoms with Crippen molar-refractivity contribution in [3.63, 3.8) is 0 Å². The minimum Gasteiger partial charge on any atom is -0.318 e. The van der Waals surface area contributed by atoms with E-state index >= 15 is 0 Å². The Morgan fingerprint density at radius 1 is 1.07 bits per heavy atom. The van der Waals surface area contributed by atoms with Crippen molar-refractivity contribution in [2.24, 2.45) is 0 Å². The van der Waals surface area contributed by atoms with Crippen LogP contribution in [0.15, 0.2) is 24.3 Å². The van der Waals surface area contributed by atoms with Crippen LogP contribution in [0.25, 0.3) is 11.3 Å². The summed E-state index contributed by atoms with van der Waals surface area (Å²) >= 11 is 0. The monoisotopic (exact) mass is 368 g/mol. The second kappa shape index (κ2) is 6.44. The Balaban J connectivity index is 1.55. The Morgan fingerprint density at radius 2 is 1.81 bits per heavy atom. The minimum atomic E-state index is -0.255. The number of nitrogens with zero attached hydrogens (tertiary/aromatic N) is 4. The number of hydrogen-bond donors (Lipinski definition) is 0. The zero-order valence-corrected chi connectivity index (χ0v) is 15.7. The van der Waals surface area contributed by atoms with Crippen LogP contribution >= 0.6 is 0 Å². The minimum absolute atomic E-state index is 0.0158. The van der Waals surface area contributed by atoms with Gasteiger partial charge in [-0.25, -0.2) is 9.18 Å². The zero-order chi connectivity index (χ0) is 18.5. The van der Waals surface area contributed by atoms with Crippen molar-refractivity contribution in [3.8, 4) is 11.3 Å². The van der Waals surface area contributed by atoms with Crippen LogP contribution in [0.5, 0.6) is 0 Å².